The van der Waals surface area contributed by atoms with Crippen LogP contribution >= 0.6 is 15.9 Å². The summed E-state index contributed by atoms with van der Waals surface area (Å²) in [4.78, 5) is 1.91. The zero-order valence-electron chi connectivity index (χ0n) is 11.1. The van der Waals surface area contributed by atoms with Gasteiger partial charge in [0.25, 0.3) is 0 Å². The number of benzene rings is 1. The minimum atomic E-state index is 0.120. The third-order valence-corrected chi connectivity index (χ3v) is 3.67. The first-order valence-corrected chi connectivity index (χ1v) is 7.33. The Bertz CT molecular complexity index is 538. The van der Waals surface area contributed by atoms with E-state index in [1.807, 2.05) is 35.2 Å². The van der Waals surface area contributed by atoms with E-state index >= 15 is 0 Å². The molecule has 1 aliphatic heterocycles. The Balaban J connectivity index is 2.03. The van der Waals surface area contributed by atoms with E-state index in [0.717, 1.165) is 36.1 Å². The lowest BCUT2D eigenvalue weighted by Gasteiger charge is -2.27. The van der Waals surface area contributed by atoms with Gasteiger partial charge in [-0.05, 0) is 43.5 Å². The van der Waals surface area contributed by atoms with Gasteiger partial charge in [-0.1, -0.05) is 15.9 Å². The zero-order valence-corrected chi connectivity index (χ0v) is 12.7. The minimum Gasteiger partial charge on any atom is -0.355 e. The summed E-state index contributed by atoms with van der Waals surface area (Å²) in [6.07, 6.45) is 3.34. The van der Waals surface area contributed by atoms with Gasteiger partial charge in [0.1, 0.15) is 6.07 Å². The standard InChI is InChI=1S/C14H16BrN5/c15-11-4-6-12(7-5-11)18-19-13(10-16)14(17)20-8-2-1-3-9-20/h4-7,17-18H,1-3,8-9H2/b17-14?,19-13-. The average molecular weight is 334 g/mol. The molecule has 0 amide bonds. The number of likely N-dealkylation sites (tertiary alicyclic amines) is 1. The third kappa shape index (κ3) is 3.81. The van der Waals surface area contributed by atoms with Crippen LogP contribution in [0.1, 0.15) is 19.3 Å². The van der Waals surface area contributed by atoms with E-state index in [1.165, 1.54) is 6.42 Å². The minimum absolute atomic E-state index is 0.120. The SMILES string of the molecule is N#C/C(=N/Nc1ccc(Br)cc1)C(=N)N1CCCCC1. The fourth-order valence-corrected chi connectivity index (χ4v) is 2.31. The number of hydrazone groups is 1. The highest BCUT2D eigenvalue weighted by Crippen LogP contribution is 2.14. The molecule has 1 saturated heterocycles. The maximum absolute atomic E-state index is 9.15. The van der Waals surface area contributed by atoms with Crippen LogP contribution in [0.2, 0.25) is 0 Å². The second-order valence-corrected chi connectivity index (χ2v) is 5.50. The van der Waals surface area contributed by atoms with Gasteiger partial charge in [0, 0.05) is 17.6 Å². The van der Waals surface area contributed by atoms with Crippen molar-refractivity contribution in [3.8, 4) is 6.07 Å². The summed E-state index contributed by atoms with van der Waals surface area (Å²) in [6.45, 7) is 1.66. The van der Waals surface area contributed by atoms with Crippen LogP contribution in [0, 0.1) is 16.7 Å². The highest BCUT2D eigenvalue weighted by atomic mass is 79.9. The number of hydrogen-bond donors (Lipinski definition) is 2. The molecule has 0 radical (unpaired) electrons. The summed E-state index contributed by atoms with van der Waals surface area (Å²) < 4.78 is 0.980. The number of anilines is 1. The topological polar surface area (TPSA) is 75.3 Å². The molecule has 5 nitrogen and oxygen atoms in total. The van der Waals surface area contributed by atoms with Crippen LogP contribution in [0.5, 0.6) is 0 Å². The summed E-state index contributed by atoms with van der Waals surface area (Å²) in [5.74, 6) is 0.205. The van der Waals surface area contributed by atoms with Crippen molar-refractivity contribution in [3.63, 3.8) is 0 Å². The smallest absolute Gasteiger partial charge is 0.202 e. The van der Waals surface area contributed by atoms with E-state index in [9.17, 15) is 0 Å². The lowest BCUT2D eigenvalue weighted by molar-refractivity contribution is 0.344. The van der Waals surface area contributed by atoms with Crippen molar-refractivity contribution in [2.75, 3.05) is 18.5 Å². The van der Waals surface area contributed by atoms with Crippen molar-refractivity contribution in [3.05, 3.63) is 28.7 Å². The van der Waals surface area contributed by atoms with Crippen molar-refractivity contribution >= 4 is 33.2 Å². The van der Waals surface area contributed by atoms with E-state index < -0.39 is 0 Å². The van der Waals surface area contributed by atoms with Gasteiger partial charge in [0.05, 0.1) is 5.69 Å². The molecule has 0 aromatic heterocycles. The predicted molar refractivity (Wildman–Crippen MR) is 84.0 cm³/mol. The Labute approximate surface area is 126 Å². The van der Waals surface area contributed by atoms with Gasteiger partial charge in [-0.15, -0.1) is 0 Å². The number of nitrogens with zero attached hydrogens (tertiary/aromatic N) is 3. The highest BCUT2D eigenvalue weighted by Gasteiger charge is 2.18. The lowest BCUT2D eigenvalue weighted by atomic mass is 10.1. The van der Waals surface area contributed by atoms with Crippen LogP contribution in [0.15, 0.2) is 33.8 Å². The van der Waals surface area contributed by atoms with Crippen LogP contribution in [0.25, 0.3) is 0 Å². The van der Waals surface area contributed by atoms with Crippen LogP contribution in [-0.2, 0) is 0 Å². The summed E-state index contributed by atoms with van der Waals surface area (Å²) in [5, 5.41) is 21.3. The fraction of sp³-hybridized carbons (Fsp3) is 0.357. The first-order chi connectivity index (χ1) is 9.70. The van der Waals surface area contributed by atoms with Crippen LogP contribution in [0.4, 0.5) is 5.69 Å². The Kier molecular flexibility index (Phi) is 5.13. The van der Waals surface area contributed by atoms with Crippen LogP contribution < -0.4 is 5.43 Å². The predicted octanol–water partition coefficient (Wildman–Crippen LogP) is 3.20. The number of piperidine rings is 1. The largest absolute Gasteiger partial charge is 0.355 e. The quantitative estimate of drug-likeness (QED) is 0.506. The third-order valence-electron chi connectivity index (χ3n) is 3.14. The molecular formula is C14H16BrN5. The molecule has 104 valence electrons. The molecule has 2 rings (SSSR count). The van der Waals surface area contributed by atoms with E-state index in [0.29, 0.717) is 0 Å². The average Bonchev–Trinajstić information content (AvgIpc) is 2.50. The van der Waals surface area contributed by atoms with Crippen LogP contribution in [-0.4, -0.2) is 29.5 Å². The number of hydrogen-bond acceptors (Lipinski definition) is 4. The van der Waals surface area contributed by atoms with Gasteiger partial charge in [-0.3, -0.25) is 10.8 Å². The molecule has 1 aromatic rings. The van der Waals surface area contributed by atoms with Gasteiger partial charge in [-0.25, -0.2) is 0 Å². The van der Waals surface area contributed by atoms with Gasteiger partial charge >= 0.3 is 0 Å². The lowest BCUT2D eigenvalue weighted by Crippen LogP contribution is -2.39. The first kappa shape index (κ1) is 14.5. The van der Waals surface area contributed by atoms with Gasteiger partial charge in [0.15, 0.2) is 5.84 Å². The van der Waals surface area contributed by atoms with Gasteiger partial charge < -0.3 is 4.90 Å². The van der Waals surface area contributed by atoms with E-state index in [1.54, 1.807) is 0 Å². The van der Waals surface area contributed by atoms with Gasteiger partial charge in [0.2, 0.25) is 5.71 Å². The van der Waals surface area contributed by atoms with Crippen molar-refractivity contribution in [2.45, 2.75) is 19.3 Å². The fourth-order valence-electron chi connectivity index (χ4n) is 2.04. The molecule has 1 aliphatic rings. The molecule has 1 fully saturated rings. The molecule has 0 bridgehead atoms. The first-order valence-electron chi connectivity index (χ1n) is 6.54. The molecule has 0 aliphatic carbocycles. The zero-order chi connectivity index (χ0) is 14.4. The maximum atomic E-state index is 9.15. The van der Waals surface area contributed by atoms with Crippen molar-refractivity contribution in [1.29, 1.82) is 10.7 Å². The molecule has 1 heterocycles. The summed E-state index contributed by atoms with van der Waals surface area (Å²) in [5.41, 5.74) is 3.72. The number of amidine groups is 1. The maximum Gasteiger partial charge on any atom is 0.202 e. The number of halogens is 1. The van der Waals surface area contributed by atoms with Crippen molar-refractivity contribution in [1.82, 2.24) is 4.90 Å². The summed E-state index contributed by atoms with van der Waals surface area (Å²) in [7, 11) is 0. The molecule has 1 aromatic carbocycles. The second-order valence-electron chi connectivity index (χ2n) is 4.59. The van der Waals surface area contributed by atoms with Crippen molar-refractivity contribution in [2.24, 2.45) is 5.10 Å². The summed E-state index contributed by atoms with van der Waals surface area (Å²) >= 11 is 3.36. The Morgan fingerprint density at radius 3 is 2.50 bits per heavy atom. The number of nitriles is 1. The molecule has 20 heavy (non-hydrogen) atoms. The summed E-state index contributed by atoms with van der Waals surface area (Å²) in [6, 6.07) is 9.48. The molecule has 6 heteroatoms. The normalized spacial score (nSPS) is 15.6. The Morgan fingerprint density at radius 1 is 1.25 bits per heavy atom. The molecule has 2 N–H and O–H groups in total. The Morgan fingerprint density at radius 2 is 1.90 bits per heavy atom. The van der Waals surface area contributed by atoms with Gasteiger partial charge in [-0.2, -0.15) is 10.4 Å². The second kappa shape index (κ2) is 7.06. The highest BCUT2D eigenvalue weighted by molar-refractivity contribution is 9.10. The monoisotopic (exact) mass is 333 g/mol. The molecule has 0 unspecified atom stereocenters. The molecule has 0 atom stereocenters. The van der Waals surface area contributed by atoms with E-state index in [4.69, 9.17) is 10.7 Å². The molecule has 0 saturated carbocycles. The van der Waals surface area contributed by atoms with E-state index in [-0.39, 0.29) is 11.5 Å². The van der Waals surface area contributed by atoms with Crippen molar-refractivity contribution < 1.29 is 0 Å². The van der Waals surface area contributed by atoms with Crippen LogP contribution in [0.3, 0.4) is 0 Å². The van der Waals surface area contributed by atoms with E-state index in [2.05, 4.69) is 26.5 Å². The number of nitrogens with one attached hydrogen (secondary N) is 2. The number of rotatable bonds is 3. The molecule has 0 spiro atoms. The molecular weight excluding hydrogens is 318 g/mol. The Hall–Kier alpha value is -1.87.